The van der Waals surface area contributed by atoms with Gasteiger partial charge in [0.25, 0.3) is 0 Å². The molecule has 0 N–H and O–H groups in total. The zero-order valence-corrected chi connectivity index (χ0v) is 10.8. The van der Waals surface area contributed by atoms with Crippen molar-refractivity contribution in [2.45, 2.75) is 37.7 Å². The van der Waals surface area contributed by atoms with Gasteiger partial charge >= 0.3 is 0 Å². The van der Waals surface area contributed by atoms with Crippen LogP contribution in [0, 0.1) is 0 Å². The lowest BCUT2D eigenvalue weighted by atomic mass is 9.79. The summed E-state index contributed by atoms with van der Waals surface area (Å²) >= 11 is 0. The van der Waals surface area contributed by atoms with Gasteiger partial charge in [-0.1, -0.05) is 56.2 Å². The molecule has 94 valence electrons. The molecule has 1 saturated carbocycles. The van der Waals surface area contributed by atoms with Gasteiger partial charge < -0.3 is 4.74 Å². The summed E-state index contributed by atoms with van der Waals surface area (Å²) in [5.74, 6) is 0. The Balaban J connectivity index is 1.84. The molecule has 1 aromatic rings. The van der Waals surface area contributed by atoms with Crippen molar-refractivity contribution in [3.8, 4) is 0 Å². The van der Waals surface area contributed by atoms with Crippen molar-refractivity contribution >= 4 is 6.08 Å². The van der Waals surface area contributed by atoms with Gasteiger partial charge in [0, 0.05) is 0 Å². The quantitative estimate of drug-likeness (QED) is 0.708. The Morgan fingerprint density at radius 2 is 1.78 bits per heavy atom. The molecule has 1 heterocycles. The zero-order chi connectivity index (χ0) is 12.4. The van der Waals surface area contributed by atoms with E-state index in [1.807, 2.05) is 6.07 Å². The second-order valence-corrected chi connectivity index (χ2v) is 5.40. The predicted molar refractivity (Wildman–Crippen MR) is 75.3 cm³/mol. The normalized spacial score (nSPS) is 24.9. The number of ether oxygens (including phenoxy) is 1. The Kier molecular flexibility index (Phi) is 3.09. The Labute approximate surface area is 109 Å². The van der Waals surface area contributed by atoms with E-state index in [1.54, 1.807) is 0 Å². The first kappa shape index (κ1) is 11.7. The third-order valence-corrected chi connectivity index (χ3v) is 4.24. The van der Waals surface area contributed by atoms with Crippen LogP contribution >= 0.6 is 0 Å². The first-order valence-corrected chi connectivity index (χ1v) is 6.90. The number of hydrogen-bond acceptors (Lipinski definition) is 1. The molecule has 0 amide bonds. The second-order valence-electron chi connectivity index (χ2n) is 5.40. The van der Waals surface area contributed by atoms with Crippen LogP contribution in [0.4, 0.5) is 0 Å². The molecule has 1 aromatic carbocycles. The van der Waals surface area contributed by atoms with Gasteiger partial charge in [0.1, 0.15) is 0 Å². The predicted octanol–water partition coefficient (Wildman–Crippen LogP) is 4.36. The smallest absolute Gasteiger partial charge is 0.0933 e. The van der Waals surface area contributed by atoms with Crippen molar-refractivity contribution in [2.24, 2.45) is 0 Å². The lowest BCUT2D eigenvalue weighted by Crippen LogP contribution is -2.31. The molecule has 2 fully saturated rings. The SMILES string of the molecule is C=C1/C(=C/c2ccccc2)COC12CCCCC2. The van der Waals surface area contributed by atoms with Gasteiger partial charge in [-0.05, 0) is 35.6 Å². The van der Waals surface area contributed by atoms with Gasteiger partial charge in [0.05, 0.1) is 12.2 Å². The van der Waals surface area contributed by atoms with E-state index in [-0.39, 0.29) is 5.60 Å². The van der Waals surface area contributed by atoms with Crippen LogP contribution in [0.3, 0.4) is 0 Å². The lowest BCUT2D eigenvalue weighted by molar-refractivity contribution is -0.00171. The average molecular weight is 240 g/mol. The summed E-state index contributed by atoms with van der Waals surface area (Å²) in [5, 5.41) is 0. The third kappa shape index (κ3) is 2.04. The molecular formula is C17H20O. The monoisotopic (exact) mass is 240 g/mol. The number of rotatable bonds is 1. The molecule has 18 heavy (non-hydrogen) atoms. The Hall–Kier alpha value is -1.34. The fourth-order valence-electron chi connectivity index (χ4n) is 3.13. The summed E-state index contributed by atoms with van der Waals surface area (Å²) < 4.78 is 6.11. The lowest BCUT2D eigenvalue weighted by Gasteiger charge is -2.33. The topological polar surface area (TPSA) is 9.23 Å². The van der Waals surface area contributed by atoms with Gasteiger partial charge in [-0.15, -0.1) is 0 Å². The van der Waals surface area contributed by atoms with Crippen LogP contribution in [0.15, 0.2) is 48.1 Å². The summed E-state index contributed by atoms with van der Waals surface area (Å²) in [4.78, 5) is 0. The first-order chi connectivity index (χ1) is 8.80. The highest BCUT2D eigenvalue weighted by molar-refractivity contribution is 5.61. The molecule has 2 aliphatic rings. The van der Waals surface area contributed by atoms with E-state index < -0.39 is 0 Å². The molecule has 1 saturated heterocycles. The summed E-state index contributed by atoms with van der Waals surface area (Å²) in [5.41, 5.74) is 3.72. The third-order valence-electron chi connectivity index (χ3n) is 4.24. The first-order valence-electron chi connectivity index (χ1n) is 6.90. The van der Waals surface area contributed by atoms with Gasteiger partial charge in [0.2, 0.25) is 0 Å². The molecule has 3 rings (SSSR count). The highest BCUT2D eigenvalue weighted by Crippen LogP contribution is 2.45. The van der Waals surface area contributed by atoms with Crippen LogP contribution < -0.4 is 0 Å². The van der Waals surface area contributed by atoms with Crippen molar-refractivity contribution in [1.29, 1.82) is 0 Å². The van der Waals surface area contributed by atoms with E-state index in [2.05, 4.69) is 36.9 Å². The van der Waals surface area contributed by atoms with E-state index in [1.165, 1.54) is 36.0 Å². The van der Waals surface area contributed by atoms with E-state index in [4.69, 9.17) is 4.74 Å². The molecule has 0 aromatic heterocycles. The molecule has 0 radical (unpaired) electrons. The molecular weight excluding hydrogens is 220 g/mol. The number of benzene rings is 1. The van der Waals surface area contributed by atoms with Gasteiger partial charge in [-0.3, -0.25) is 0 Å². The summed E-state index contributed by atoms with van der Waals surface area (Å²) in [6.45, 7) is 5.05. The molecule has 1 aliphatic heterocycles. The number of hydrogen-bond donors (Lipinski definition) is 0. The summed E-state index contributed by atoms with van der Waals surface area (Å²) in [6.07, 6.45) is 8.42. The largest absolute Gasteiger partial charge is 0.366 e. The van der Waals surface area contributed by atoms with Crippen LogP contribution in [0.2, 0.25) is 0 Å². The van der Waals surface area contributed by atoms with E-state index in [0.717, 1.165) is 19.4 Å². The second kappa shape index (κ2) is 4.74. The molecule has 1 aliphatic carbocycles. The molecule has 1 heteroatoms. The van der Waals surface area contributed by atoms with Crippen molar-refractivity contribution in [2.75, 3.05) is 6.61 Å². The Morgan fingerprint density at radius 1 is 1.06 bits per heavy atom. The molecule has 0 atom stereocenters. The van der Waals surface area contributed by atoms with Crippen LogP contribution in [0.25, 0.3) is 6.08 Å². The van der Waals surface area contributed by atoms with Gasteiger partial charge in [0.15, 0.2) is 0 Å². The zero-order valence-electron chi connectivity index (χ0n) is 10.8. The highest BCUT2D eigenvalue weighted by atomic mass is 16.5. The maximum Gasteiger partial charge on any atom is 0.0933 e. The Bertz CT molecular complexity index is 464. The maximum absolute atomic E-state index is 6.11. The fraction of sp³-hybridized carbons (Fsp3) is 0.412. The van der Waals surface area contributed by atoms with E-state index >= 15 is 0 Å². The van der Waals surface area contributed by atoms with Crippen LogP contribution in [-0.4, -0.2) is 12.2 Å². The van der Waals surface area contributed by atoms with Gasteiger partial charge in [-0.2, -0.15) is 0 Å². The summed E-state index contributed by atoms with van der Waals surface area (Å²) in [7, 11) is 0. The minimum atomic E-state index is -0.0289. The van der Waals surface area contributed by atoms with Crippen molar-refractivity contribution in [1.82, 2.24) is 0 Å². The van der Waals surface area contributed by atoms with Crippen molar-refractivity contribution in [3.63, 3.8) is 0 Å². The Morgan fingerprint density at radius 3 is 2.50 bits per heavy atom. The van der Waals surface area contributed by atoms with Crippen molar-refractivity contribution in [3.05, 3.63) is 53.6 Å². The van der Waals surface area contributed by atoms with Crippen LogP contribution in [-0.2, 0) is 4.74 Å². The summed E-state index contributed by atoms with van der Waals surface area (Å²) in [6, 6.07) is 10.4. The standard InChI is InChI=1S/C17H20O/c1-14-16(12-15-8-4-2-5-9-15)13-18-17(14)10-6-3-7-11-17/h2,4-5,8-9,12H,1,3,6-7,10-11,13H2/b16-12+. The molecule has 0 unspecified atom stereocenters. The average Bonchev–Trinajstić information content (AvgIpc) is 2.71. The minimum absolute atomic E-state index is 0.0289. The highest BCUT2D eigenvalue weighted by Gasteiger charge is 2.41. The molecule has 1 spiro atoms. The van der Waals surface area contributed by atoms with Crippen LogP contribution in [0.1, 0.15) is 37.7 Å². The minimum Gasteiger partial charge on any atom is -0.366 e. The molecule has 1 nitrogen and oxygen atoms in total. The molecule has 0 bridgehead atoms. The maximum atomic E-state index is 6.11. The fourth-order valence-corrected chi connectivity index (χ4v) is 3.13. The van der Waals surface area contributed by atoms with Crippen molar-refractivity contribution < 1.29 is 4.74 Å². The van der Waals surface area contributed by atoms with E-state index in [9.17, 15) is 0 Å². The van der Waals surface area contributed by atoms with Crippen LogP contribution in [0.5, 0.6) is 0 Å². The van der Waals surface area contributed by atoms with E-state index in [0.29, 0.717) is 0 Å². The van der Waals surface area contributed by atoms with Gasteiger partial charge in [-0.25, -0.2) is 0 Å².